The summed E-state index contributed by atoms with van der Waals surface area (Å²) in [5, 5.41) is 0.966. The number of furan rings is 1. The van der Waals surface area contributed by atoms with Gasteiger partial charge >= 0.3 is 0 Å². The zero-order valence-electron chi connectivity index (χ0n) is 8.14. The van der Waals surface area contributed by atoms with Crippen molar-refractivity contribution in [3.63, 3.8) is 0 Å². The number of benzene rings is 1. The van der Waals surface area contributed by atoms with Crippen molar-refractivity contribution < 1.29 is 9.21 Å². The van der Waals surface area contributed by atoms with E-state index in [0.717, 1.165) is 0 Å². The Labute approximate surface area is 124 Å². The fraction of sp³-hybridized carbons (Fsp3) is 0. The number of halogens is 4. The summed E-state index contributed by atoms with van der Waals surface area (Å²) in [7, 11) is 0. The Morgan fingerprint density at radius 1 is 1.24 bits per heavy atom. The summed E-state index contributed by atoms with van der Waals surface area (Å²) >= 11 is 18.9. The minimum atomic E-state index is 0.238. The van der Waals surface area contributed by atoms with E-state index < -0.39 is 0 Å². The third-order valence-corrected chi connectivity index (χ3v) is 4.67. The molecule has 0 saturated heterocycles. The summed E-state index contributed by atoms with van der Waals surface area (Å²) in [5.74, 6) is 0.723. The molecule has 2 nitrogen and oxygen atoms in total. The largest absolute Gasteiger partial charge is 0.453 e. The Kier molecular flexibility index (Phi) is 3.98. The van der Waals surface area contributed by atoms with E-state index in [-0.39, 0.29) is 5.76 Å². The van der Waals surface area contributed by atoms with Crippen molar-refractivity contribution in [2.24, 2.45) is 0 Å². The van der Waals surface area contributed by atoms with Crippen LogP contribution in [-0.4, -0.2) is 6.29 Å². The van der Waals surface area contributed by atoms with Crippen molar-refractivity contribution in [1.29, 1.82) is 0 Å². The van der Waals surface area contributed by atoms with Crippen LogP contribution >= 0.6 is 55.1 Å². The van der Waals surface area contributed by atoms with Gasteiger partial charge in [0.15, 0.2) is 12.0 Å². The maximum Gasteiger partial charge on any atom is 0.185 e. The molecular weight excluding hydrogens is 395 g/mol. The van der Waals surface area contributed by atoms with Crippen molar-refractivity contribution in [3.05, 3.63) is 43.0 Å². The zero-order valence-corrected chi connectivity index (χ0v) is 12.8. The number of rotatable bonds is 2. The molecular formula is C11H4Br2Cl2O2. The lowest BCUT2D eigenvalue weighted by Crippen LogP contribution is -1.83. The maximum absolute atomic E-state index is 10.6. The monoisotopic (exact) mass is 396 g/mol. The Morgan fingerprint density at radius 2 is 1.94 bits per heavy atom. The van der Waals surface area contributed by atoms with Crippen LogP contribution in [0.4, 0.5) is 0 Å². The van der Waals surface area contributed by atoms with Crippen LogP contribution in [0.2, 0.25) is 10.0 Å². The molecule has 1 heterocycles. The van der Waals surface area contributed by atoms with Crippen LogP contribution in [0.5, 0.6) is 0 Å². The molecule has 0 amide bonds. The van der Waals surface area contributed by atoms with Crippen LogP contribution in [0.1, 0.15) is 10.6 Å². The Morgan fingerprint density at radius 3 is 2.53 bits per heavy atom. The van der Waals surface area contributed by atoms with Gasteiger partial charge in [-0.3, -0.25) is 4.79 Å². The molecule has 6 heteroatoms. The van der Waals surface area contributed by atoms with E-state index in [2.05, 4.69) is 31.9 Å². The fourth-order valence-corrected chi connectivity index (χ4v) is 3.35. The summed E-state index contributed by atoms with van der Waals surface area (Å²) in [6, 6.07) is 4.91. The van der Waals surface area contributed by atoms with Gasteiger partial charge in [-0.2, -0.15) is 0 Å². The highest BCUT2D eigenvalue weighted by Crippen LogP contribution is 2.43. The number of hydrogen-bond donors (Lipinski definition) is 0. The smallest absolute Gasteiger partial charge is 0.185 e. The Bertz CT molecular complexity index is 593. The van der Waals surface area contributed by atoms with Gasteiger partial charge in [-0.1, -0.05) is 23.2 Å². The topological polar surface area (TPSA) is 30.2 Å². The van der Waals surface area contributed by atoms with Gasteiger partial charge in [-0.05, 0) is 50.1 Å². The van der Waals surface area contributed by atoms with Gasteiger partial charge < -0.3 is 4.42 Å². The van der Waals surface area contributed by atoms with Gasteiger partial charge in [0.05, 0.1) is 15.6 Å². The Hall–Kier alpha value is -0.290. The van der Waals surface area contributed by atoms with Gasteiger partial charge in [0.25, 0.3) is 0 Å². The molecule has 0 radical (unpaired) electrons. The molecule has 0 aliphatic carbocycles. The molecule has 88 valence electrons. The maximum atomic E-state index is 10.6. The van der Waals surface area contributed by atoms with E-state index in [9.17, 15) is 4.79 Å². The molecule has 2 aromatic rings. The van der Waals surface area contributed by atoms with Crippen LogP contribution in [0.3, 0.4) is 0 Å². The number of carbonyl (C=O) groups is 1. The second-order valence-corrected chi connectivity index (χ2v) is 5.60. The number of aldehydes is 1. The molecule has 1 aromatic carbocycles. The van der Waals surface area contributed by atoms with E-state index in [1.54, 1.807) is 18.2 Å². The SMILES string of the molecule is O=Cc1ccc(-c2c(Cl)cc(Br)c(Cl)c2Br)o1. The molecule has 0 aliphatic rings. The molecule has 0 fully saturated rings. The molecule has 0 unspecified atom stereocenters. The molecule has 0 aliphatic heterocycles. The van der Waals surface area contributed by atoms with E-state index in [1.807, 2.05) is 0 Å². The van der Waals surface area contributed by atoms with E-state index >= 15 is 0 Å². The molecule has 1 aromatic heterocycles. The summed E-state index contributed by atoms with van der Waals surface area (Å²) in [6.07, 6.45) is 0.631. The lowest BCUT2D eigenvalue weighted by atomic mass is 10.2. The van der Waals surface area contributed by atoms with Crippen molar-refractivity contribution >= 4 is 61.3 Å². The van der Waals surface area contributed by atoms with Crippen LogP contribution < -0.4 is 0 Å². The van der Waals surface area contributed by atoms with Gasteiger partial charge in [0, 0.05) is 8.95 Å². The average Bonchev–Trinajstić information content (AvgIpc) is 2.74. The molecule has 17 heavy (non-hydrogen) atoms. The normalized spacial score (nSPS) is 10.6. The van der Waals surface area contributed by atoms with E-state index in [1.165, 1.54) is 0 Å². The third-order valence-electron chi connectivity index (χ3n) is 2.10. The van der Waals surface area contributed by atoms with Crippen molar-refractivity contribution in [3.8, 4) is 11.3 Å². The lowest BCUT2D eigenvalue weighted by molar-refractivity contribution is 0.110. The Balaban J connectivity index is 2.66. The van der Waals surface area contributed by atoms with Crippen molar-refractivity contribution in [2.45, 2.75) is 0 Å². The van der Waals surface area contributed by atoms with Crippen molar-refractivity contribution in [2.75, 3.05) is 0 Å². The first-order valence-electron chi connectivity index (χ1n) is 4.43. The first-order chi connectivity index (χ1) is 8.04. The number of carbonyl (C=O) groups excluding carboxylic acids is 1. The van der Waals surface area contributed by atoms with Gasteiger partial charge in [-0.25, -0.2) is 0 Å². The minimum Gasteiger partial charge on any atom is -0.453 e. The summed E-state index contributed by atoms with van der Waals surface area (Å²) < 4.78 is 6.62. The van der Waals surface area contributed by atoms with Crippen LogP contribution in [0.25, 0.3) is 11.3 Å². The third kappa shape index (κ3) is 2.45. The van der Waals surface area contributed by atoms with E-state index in [0.29, 0.717) is 36.6 Å². The quantitative estimate of drug-likeness (QED) is 0.375. The molecule has 0 saturated carbocycles. The van der Waals surface area contributed by atoms with Gasteiger partial charge in [-0.15, -0.1) is 0 Å². The van der Waals surface area contributed by atoms with Crippen molar-refractivity contribution in [1.82, 2.24) is 0 Å². The highest BCUT2D eigenvalue weighted by Gasteiger charge is 2.17. The average molecular weight is 399 g/mol. The molecule has 0 bridgehead atoms. The lowest BCUT2D eigenvalue weighted by Gasteiger charge is -2.07. The summed E-state index contributed by atoms with van der Waals surface area (Å²) in [5.41, 5.74) is 0.618. The van der Waals surface area contributed by atoms with E-state index in [4.69, 9.17) is 27.6 Å². The van der Waals surface area contributed by atoms with Gasteiger partial charge in [0.1, 0.15) is 5.76 Å². The first-order valence-corrected chi connectivity index (χ1v) is 6.77. The zero-order chi connectivity index (χ0) is 12.6. The first kappa shape index (κ1) is 13.1. The van der Waals surface area contributed by atoms with Crippen LogP contribution in [-0.2, 0) is 0 Å². The molecule has 0 spiro atoms. The summed E-state index contributed by atoms with van der Waals surface area (Å²) in [4.78, 5) is 10.6. The highest BCUT2D eigenvalue weighted by molar-refractivity contribution is 9.11. The molecule has 0 N–H and O–H groups in total. The second kappa shape index (κ2) is 5.14. The second-order valence-electron chi connectivity index (χ2n) is 3.16. The predicted octanol–water partition coefficient (Wildman–Crippen LogP) is 5.59. The fourth-order valence-electron chi connectivity index (χ4n) is 1.34. The molecule has 2 rings (SSSR count). The minimum absolute atomic E-state index is 0.238. The number of hydrogen-bond acceptors (Lipinski definition) is 2. The van der Waals surface area contributed by atoms with Crippen LogP contribution in [0.15, 0.2) is 31.6 Å². The summed E-state index contributed by atoms with van der Waals surface area (Å²) in [6.45, 7) is 0. The predicted molar refractivity (Wildman–Crippen MR) is 75.0 cm³/mol. The van der Waals surface area contributed by atoms with Gasteiger partial charge in [0.2, 0.25) is 0 Å². The standard InChI is InChI=1S/C11H4Br2Cl2O2/c12-6-3-7(14)9(10(13)11(6)15)8-2-1-5(4-16)17-8/h1-4H. The highest BCUT2D eigenvalue weighted by atomic mass is 79.9. The van der Waals surface area contributed by atoms with Crippen LogP contribution in [0, 0.1) is 0 Å². The molecule has 0 atom stereocenters.